The summed E-state index contributed by atoms with van der Waals surface area (Å²) in [7, 11) is 0. The molecule has 8 heteroatoms. The van der Waals surface area contributed by atoms with E-state index in [0.717, 1.165) is 23.8 Å². The van der Waals surface area contributed by atoms with E-state index in [1.807, 2.05) is 50.2 Å². The number of aliphatic hydroxyl groups excluding tert-OH is 1. The standard InChI is InChI=1S/C27H39N5O2S/c1-25(2,3)31-35-20-8-6-7-19(17-20)24(34)28-21-9-10-22(30-26(4,5)18-33)29-23(21)32-15-13-27(11-12-27)14-16-32/h6-10,17,31,33H,11-16,18H2,1-5H3,(H,28,34)(H,29,30). The molecule has 2 aliphatic rings. The molecule has 2 heterocycles. The number of amides is 1. The maximum atomic E-state index is 13.2. The lowest BCUT2D eigenvalue weighted by Crippen LogP contribution is -2.37. The van der Waals surface area contributed by atoms with Crippen LogP contribution in [0.5, 0.6) is 0 Å². The molecule has 1 aliphatic heterocycles. The number of rotatable bonds is 8. The molecule has 190 valence electrons. The number of aromatic nitrogens is 1. The minimum atomic E-state index is -0.492. The fourth-order valence-corrected chi connectivity index (χ4v) is 4.98. The quantitative estimate of drug-likeness (QED) is 0.368. The second-order valence-corrected chi connectivity index (χ2v) is 12.5. The molecule has 35 heavy (non-hydrogen) atoms. The van der Waals surface area contributed by atoms with Crippen molar-refractivity contribution in [1.29, 1.82) is 0 Å². The van der Waals surface area contributed by atoms with Crippen molar-refractivity contribution in [3.05, 3.63) is 42.0 Å². The van der Waals surface area contributed by atoms with Crippen molar-refractivity contribution in [2.75, 3.05) is 35.2 Å². The van der Waals surface area contributed by atoms with Gasteiger partial charge >= 0.3 is 0 Å². The van der Waals surface area contributed by atoms with Gasteiger partial charge in [-0.15, -0.1) is 0 Å². The molecule has 1 saturated carbocycles. The monoisotopic (exact) mass is 497 g/mol. The van der Waals surface area contributed by atoms with E-state index < -0.39 is 5.54 Å². The first kappa shape index (κ1) is 25.8. The maximum absolute atomic E-state index is 13.2. The van der Waals surface area contributed by atoms with Crippen LogP contribution in [0.2, 0.25) is 0 Å². The van der Waals surface area contributed by atoms with Crippen molar-refractivity contribution in [2.24, 2.45) is 5.41 Å². The van der Waals surface area contributed by atoms with Gasteiger partial charge in [0.25, 0.3) is 5.91 Å². The highest BCUT2D eigenvalue weighted by atomic mass is 32.2. The van der Waals surface area contributed by atoms with Crippen molar-refractivity contribution in [1.82, 2.24) is 9.71 Å². The van der Waals surface area contributed by atoms with E-state index in [1.165, 1.54) is 37.6 Å². The first-order chi connectivity index (χ1) is 16.5. The molecule has 1 aliphatic carbocycles. The van der Waals surface area contributed by atoms with Gasteiger partial charge in [-0.2, -0.15) is 0 Å². The number of hydrogen-bond donors (Lipinski definition) is 4. The van der Waals surface area contributed by atoms with Gasteiger partial charge in [0, 0.05) is 29.1 Å². The summed E-state index contributed by atoms with van der Waals surface area (Å²) in [5, 5.41) is 16.1. The number of carbonyl (C=O) groups is 1. The normalized spacial score (nSPS) is 17.4. The molecule has 1 aromatic carbocycles. The lowest BCUT2D eigenvalue weighted by Gasteiger charge is -2.34. The highest BCUT2D eigenvalue weighted by Crippen LogP contribution is 2.54. The van der Waals surface area contributed by atoms with Gasteiger partial charge in [0.1, 0.15) is 5.82 Å². The van der Waals surface area contributed by atoms with E-state index in [9.17, 15) is 9.90 Å². The van der Waals surface area contributed by atoms with Crippen LogP contribution < -0.4 is 20.3 Å². The molecule has 0 bridgehead atoms. The number of pyridine rings is 1. The van der Waals surface area contributed by atoms with Gasteiger partial charge in [-0.3, -0.25) is 9.52 Å². The highest BCUT2D eigenvalue weighted by Gasteiger charge is 2.44. The Balaban J connectivity index is 1.54. The molecule has 4 rings (SSSR count). The minimum absolute atomic E-state index is 0.00679. The summed E-state index contributed by atoms with van der Waals surface area (Å²) < 4.78 is 3.39. The Morgan fingerprint density at radius 1 is 1.09 bits per heavy atom. The Labute approximate surface area is 213 Å². The van der Waals surface area contributed by atoms with Crippen LogP contribution in [0.3, 0.4) is 0 Å². The van der Waals surface area contributed by atoms with Crippen LogP contribution in [0.15, 0.2) is 41.3 Å². The Bertz CT molecular complexity index is 1050. The molecule has 1 amide bonds. The molecule has 4 N–H and O–H groups in total. The van der Waals surface area contributed by atoms with Gasteiger partial charge in [-0.05, 0) is 108 Å². The summed E-state index contributed by atoms with van der Waals surface area (Å²) >= 11 is 1.53. The topological polar surface area (TPSA) is 89.5 Å². The van der Waals surface area contributed by atoms with E-state index in [2.05, 4.69) is 41.0 Å². The molecule has 1 saturated heterocycles. The van der Waals surface area contributed by atoms with Crippen LogP contribution in [0, 0.1) is 5.41 Å². The lowest BCUT2D eigenvalue weighted by molar-refractivity contribution is 0.102. The molecular formula is C27H39N5O2S. The van der Waals surface area contributed by atoms with Crippen LogP contribution in [0.4, 0.5) is 17.3 Å². The number of aliphatic hydroxyl groups is 1. The number of hydrogen-bond acceptors (Lipinski definition) is 7. The molecule has 0 radical (unpaired) electrons. The minimum Gasteiger partial charge on any atom is -0.394 e. The van der Waals surface area contributed by atoms with E-state index in [1.54, 1.807) is 0 Å². The maximum Gasteiger partial charge on any atom is 0.255 e. The Morgan fingerprint density at radius 3 is 2.43 bits per heavy atom. The Morgan fingerprint density at radius 2 is 1.80 bits per heavy atom. The first-order valence-corrected chi connectivity index (χ1v) is 13.3. The zero-order valence-electron chi connectivity index (χ0n) is 21.6. The fourth-order valence-electron chi connectivity index (χ4n) is 4.22. The van der Waals surface area contributed by atoms with E-state index in [4.69, 9.17) is 4.98 Å². The number of anilines is 3. The summed E-state index contributed by atoms with van der Waals surface area (Å²) in [6, 6.07) is 11.4. The van der Waals surface area contributed by atoms with Crippen LogP contribution in [-0.4, -0.2) is 46.8 Å². The predicted octanol–water partition coefficient (Wildman–Crippen LogP) is 5.29. The summed E-state index contributed by atoms with van der Waals surface area (Å²) in [6.07, 6.45) is 5.01. The number of piperidine rings is 1. The molecule has 1 spiro atoms. The molecule has 2 aromatic rings. The van der Waals surface area contributed by atoms with Crippen LogP contribution >= 0.6 is 11.9 Å². The van der Waals surface area contributed by atoms with E-state index >= 15 is 0 Å². The summed E-state index contributed by atoms with van der Waals surface area (Å²) in [4.78, 5) is 21.4. The van der Waals surface area contributed by atoms with E-state index in [0.29, 0.717) is 22.5 Å². The average Bonchev–Trinajstić information content (AvgIpc) is 3.57. The fraction of sp³-hybridized carbons (Fsp3) is 0.556. The largest absolute Gasteiger partial charge is 0.394 e. The van der Waals surface area contributed by atoms with Crippen LogP contribution in [0.1, 0.15) is 70.7 Å². The Kier molecular flexibility index (Phi) is 7.36. The number of nitrogens with one attached hydrogen (secondary N) is 3. The summed E-state index contributed by atoms with van der Waals surface area (Å²) in [6.45, 7) is 12.1. The lowest BCUT2D eigenvalue weighted by atomic mass is 9.93. The number of carbonyl (C=O) groups excluding carboxylic acids is 1. The zero-order chi connectivity index (χ0) is 25.3. The highest BCUT2D eigenvalue weighted by molar-refractivity contribution is 7.97. The smallest absolute Gasteiger partial charge is 0.255 e. The molecular weight excluding hydrogens is 458 g/mol. The van der Waals surface area contributed by atoms with Crippen LogP contribution in [0.25, 0.3) is 0 Å². The molecule has 2 fully saturated rings. The van der Waals surface area contributed by atoms with Gasteiger partial charge in [0.2, 0.25) is 0 Å². The molecule has 0 unspecified atom stereocenters. The number of nitrogens with zero attached hydrogens (tertiary/aromatic N) is 2. The molecule has 7 nitrogen and oxygen atoms in total. The Hall–Kier alpha value is -2.29. The van der Waals surface area contributed by atoms with Crippen molar-refractivity contribution in [2.45, 2.75) is 76.3 Å². The van der Waals surface area contributed by atoms with Gasteiger partial charge in [-0.25, -0.2) is 4.98 Å². The predicted molar refractivity (Wildman–Crippen MR) is 145 cm³/mol. The molecule has 1 aromatic heterocycles. The van der Waals surface area contributed by atoms with Crippen LogP contribution in [-0.2, 0) is 0 Å². The summed E-state index contributed by atoms with van der Waals surface area (Å²) in [5.74, 6) is 1.32. The first-order valence-electron chi connectivity index (χ1n) is 12.5. The summed E-state index contributed by atoms with van der Waals surface area (Å²) in [5.41, 5.74) is 1.34. The van der Waals surface area contributed by atoms with E-state index in [-0.39, 0.29) is 18.1 Å². The third-order valence-electron chi connectivity index (χ3n) is 6.64. The number of benzene rings is 1. The van der Waals surface area contributed by atoms with Gasteiger partial charge in [0.05, 0.1) is 17.8 Å². The van der Waals surface area contributed by atoms with Crippen molar-refractivity contribution in [3.63, 3.8) is 0 Å². The second-order valence-electron chi connectivity index (χ2n) is 11.7. The zero-order valence-corrected chi connectivity index (χ0v) is 22.4. The SMILES string of the molecule is CC(C)(C)NSc1cccc(C(=O)Nc2ccc(NC(C)(C)CO)nc2N2CCC3(CC2)CC3)c1. The third kappa shape index (κ3) is 6.90. The van der Waals surface area contributed by atoms with Crippen molar-refractivity contribution in [3.8, 4) is 0 Å². The molecule has 0 atom stereocenters. The second kappa shape index (κ2) is 9.99. The van der Waals surface area contributed by atoms with Crippen molar-refractivity contribution < 1.29 is 9.90 Å². The van der Waals surface area contributed by atoms with Gasteiger partial charge < -0.3 is 20.6 Å². The third-order valence-corrected chi connectivity index (χ3v) is 7.84. The van der Waals surface area contributed by atoms with Crippen molar-refractivity contribution >= 4 is 35.2 Å². The average molecular weight is 498 g/mol. The van der Waals surface area contributed by atoms with Gasteiger partial charge in [0.15, 0.2) is 5.82 Å². The van der Waals surface area contributed by atoms with Gasteiger partial charge in [-0.1, -0.05) is 6.07 Å².